The van der Waals surface area contributed by atoms with E-state index in [1.165, 1.54) is 36.2 Å². The van der Waals surface area contributed by atoms with Gasteiger partial charge < -0.3 is 10.6 Å². The second-order valence-corrected chi connectivity index (χ2v) is 4.88. The first-order valence-corrected chi connectivity index (χ1v) is 5.91. The van der Waals surface area contributed by atoms with Crippen molar-refractivity contribution in [2.75, 3.05) is 18.4 Å². The Morgan fingerprint density at radius 1 is 1.40 bits per heavy atom. The van der Waals surface area contributed by atoms with Gasteiger partial charge in [0.15, 0.2) is 0 Å². The van der Waals surface area contributed by atoms with E-state index >= 15 is 0 Å². The molecule has 0 aromatic heterocycles. The Morgan fingerprint density at radius 3 is 3.07 bits per heavy atom. The molecule has 1 aromatic carbocycles. The van der Waals surface area contributed by atoms with E-state index < -0.39 is 0 Å². The summed E-state index contributed by atoms with van der Waals surface area (Å²) in [6.45, 7) is 4.40. The minimum atomic E-state index is 0.528. The van der Waals surface area contributed by atoms with Crippen molar-refractivity contribution < 1.29 is 0 Å². The molecule has 15 heavy (non-hydrogen) atoms. The maximum atomic E-state index is 3.66. The van der Waals surface area contributed by atoms with Crippen LogP contribution in [0.1, 0.15) is 30.0 Å². The third-order valence-electron chi connectivity index (χ3n) is 3.43. The van der Waals surface area contributed by atoms with Crippen molar-refractivity contribution in [2.45, 2.75) is 25.8 Å². The molecule has 0 amide bonds. The number of nitrogens with one attached hydrogen (secondary N) is 2. The molecule has 2 N–H and O–H groups in total. The predicted molar refractivity (Wildman–Crippen MR) is 63.1 cm³/mol. The van der Waals surface area contributed by atoms with Gasteiger partial charge in [0.1, 0.15) is 0 Å². The first-order valence-electron chi connectivity index (χ1n) is 5.91. The lowest BCUT2D eigenvalue weighted by molar-refractivity contribution is 0.547. The van der Waals surface area contributed by atoms with Gasteiger partial charge in [-0.1, -0.05) is 17.7 Å². The number of fused-ring (bicyclic) bond motifs is 1. The van der Waals surface area contributed by atoms with Crippen LogP contribution in [0.4, 0.5) is 5.69 Å². The molecule has 2 aliphatic rings. The standard InChI is InChI=1S/C13H18N2/c1-9-2-5-12-11(6-9)13(8-15-12)14-7-10-3-4-10/h2,5-6,10,13-15H,3-4,7-8H2,1H3/t13-/m0/s1. The zero-order valence-corrected chi connectivity index (χ0v) is 9.22. The minimum absolute atomic E-state index is 0.528. The first kappa shape index (κ1) is 9.22. The van der Waals surface area contributed by atoms with E-state index in [-0.39, 0.29) is 0 Å². The summed E-state index contributed by atoms with van der Waals surface area (Å²) in [5.74, 6) is 0.957. The predicted octanol–water partition coefficient (Wildman–Crippen LogP) is 2.46. The van der Waals surface area contributed by atoms with Gasteiger partial charge >= 0.3 is 0 Å². The number of anilines is 1. The molecule has 1 atom stereocenters. The number of hydrogen-bond donors (Lipinski definition) is 2. The molecule has 80 valence electrons. The maximum absolute atomic E-state index is 3.66. The van der Waals surface area contributed by atoms with Gasteiger partial charge in [0.25, 0.3) is 0 Å². The molecule has 3 rings (SSSR count). The van der Waals surface area contributed by atoms with Gasteiger partial charge in [0, 0.05) is 12.2 Å². The molecule has 0 spiro atoms. The Balaban J connectivity index is 1.74. The van der Waals surface area contributed by atoms with Crippen molar-refractivity contribution in [2.24, 2.45) is 5.92 Å². The van der Waals surface area contributed by atoms with Crippen LogP contribution in [0.3, 0.4) is 0 Å². The van der Waals surface area contributed by atoms with E-state index in [1.54, 1.807) is 0 Å². The molecule has 1 heterocycles. The van der Waals surface area contributed by atoms with Crippen molar-refractivity contribution in [3.05, 3.63) is 29.3 Å². The zero-order valence-electron chi connectivity index (χ0n) is 9.22. The molecule has 1 saturated carbocycles. The van der Waals surface area contributed by atoms with Crippen LogP contribution in [-0.2, 0) is 0 Å². The van der Waals surface area contributed by atoms with Crippen LogP contribution >= 0.6 is 0 Å². The SMILES string of the molecule is Cc1ccc2c(c1)[C@@H](NCC1CC1)CN2. The lowest BCUT2D eigenvalue weighted by Gasteiger charge is -2.12. The summed E-state index contributed by atoms with van der Waals surface area (Å²) in [6.07, 6.45) is 2.85. The number of rotatable bonds is 3. The number of benzene rings is 1. The first-order chi connectivity index (χ1) is 7.33. The minimum Gasteiger partial charge on any atom is -0.383 e. The highest BCUT2D eigenvalue weighted by Crippen LogP contribution is 2.32. The van der Waals surface area contributed by atoms with Crippen LogP contribution in [0, 0.1) is 12.8 Å². The van der Waals surface area contributed by atoms with Crippen LogP contribution in [0.5, 0.6) is 0 Å². The molecular weight excluding hydrogens is 184 g/mol. The molecule has 1 aromatic rings. The smallest absolute Gasteiger partial charge is 0.0516 e. The summed E-state index contributed by atoms with van der Waals surface area (Å²) < 4.78 is 0. The summed E-state index contributed by atoms with van der Waals surface area (Å²) in [7, 11) is 0. The monoisotopic (exact) mass is 202 g/mol. The molecule has 0 saturated heterocycles. The van der Waals surface area contributed by atoms with Gasteiger partial charge in [0.05, 0.1) is 6.04 Å². The normalized spacial score (nSPS) is 23.7. The van der Waals surface area contributed by atoms with Crippen LogP contribution < -0.4 is 10.6 Å². The van der Waals surface area contributed by atoms with Crippen LogP contribution in [0.2, 0.25) is 0 Å². The van der Waals surface area contributed by atoms with E-state index in [9.17, 15) is 0 Å². The van der Waals surface area contributed by atoms with Crippen molar-refractivity contribution in [1.29, 1.82) is 0 Å². The molecule has 0 unspecified atom stereocenters. The lowest BCUT2D eigenvalue weighted by Crippen LogP contribution is -2.24. The highest BCUT2D eigenvalue weighted by molar-refractivity contribution is 5.58. The van der Waals surface area contributed by atoms with E-state index in [4.69, 9.17) is 0 Å². The number of hydrogen-bond acceptors (Lipinski definition) is 2. The average molecular weight is 202 g/mol. The molecule has 1 fully saturated rings. The van der Waals surface area contributed by atoms with E-state index in [0.717, 1.165) is 12.5 Å². The summed E-state index contributed by atoms with van der Waals surface area (Å²) in [6, 6.07) is 7.21. The van der Waals surface area contributed by atoms with Crippen molar-refractivity contribution in [3.8, 4) is 0 Å². The molecule has 2 nitrogen and oxygen atoms in total. The van der Waals surface area contributed by atoms with Crippen LogP contribution in [0.25, 0.3) is 0 Å². The average Bonchev–Trinajstić information content (AvgIpc) is 2.97. The van der Waals surface area contributed by atoms with E-state index in [2.05, 4.69) is 35.8 Å². The zero-order chi connectivity index (χ0) is 10.3. The summed E-state index contributed by atoms with van der Waals surface area (Å²) in [5.41, 5.74) is 4.13. The molecular formula is C13H18N2. The van der Waals surface area contributed by atoms with Gasteiger partial charge in [0.2, 0.25) is 0 Å². The third-order valence-corrected chi connectivity index (χ3v) is 3.43. The largest absolute Gasteiger partial charge is 0.383 e. The van der Waals surface area contributed by atoms with E-state index in [0.29, 0.717) is 6.04 Å². The summed E-state index contributed by atoms with van der Waals surface area (Å²) in [5, 5.41) is 7.12. The topological polar surface area (TPSA) is 24.1 Å². The molecule has 1 aliphatic heterocycles. The third kappa shape index (κ3) is 1.86. The molecule has 2 heteroatoms. The highest BCUT2D eigenvalue weighted by Gasteiger charge is 2.26. The Kier molecular flexibility index (Phi) is 2.17. The van der Waals surface area contributed by atoms with Crippen LogP contribution in [0.15, 0.2) is 18.2 Å². The summed E-state index contributed by atoms with van der Waals surface area (Å²) >= 11 is 0. The van der Waals surface area contributed by atoms with Crippen LogP contribution in [-0.4, -0.2) is 13.1 Å². The van der Waals surface area contributed by atoms with Gasteiger partial charge in [-0.15, -0.1) is 0 Å². The quantitative estimate of drug-likeness (QED) is 0.786. The second-order valence-electron chi connectivity index (χ2n) is 4.88. The molecule has 0 bridgehead atoms. The van der Waals surface area contributed by atoms with Gasteiger partial charge in [-0.25, -0.2) is 0 Å². The van der Waals surface area contributed by atoms with Crippen molar-refractivity contribution in [1.82, 2.24) is 5.32 Å². The van der Waals surface area contributed by atoms with Gasteiger partial charge in [-0.2, -0.15) is 0 Å². The van der Waals surface area contributed by atoms with Crippen molar-refractivity contribution in [3.63, 3.8) is 0 Å². The second kappa shape index (κ2) is 3.53. The Labute approximate surface area is 91.1 Å². The Bertz CT molecular complexity index is 369. The fourth-order valence-electron chi connectivity index (χ4n) is 2.27. The Hall–Kier alpha value is -1.02. The fourth-order valence-corrected chi connectivity index (χ4v) is 2.27. The van der Waals surface area contributed by atoms with Gasteiger partial charge in [-0.3, -0.25) is 0 Å². The van der Waals surface area contributed by atoms with Crippen molar-refractivity contribution >= 4 is 5.69 Å². The highest BCUT2D eigenvalue weighted by atomic mass is 15.0. The summed E-state index contributed by atoms with van der Waals surface area (Å²) in [4.78, 5) is 0. The Morgan fingerprint density at radius 2 is 2.27 bits per heavy atom. The number of aryl methyl sites for hydroxylation is 1. The molecule has 0 radical (unpaired) electrons. The van der Waals surface area contributed by atoms with E-state index in [1.807, 2.05) is 0 Å². The van der Waals surface area contributed by atoms with Gasteiger partial charge in [-0.05, 0) is 43.9 Å². The lowest BCUT2D eigenvalue weighted by atomic mass is 10.1. The molecule has 1 aliphatic carbocycles. The fraction of sp³-hybridized carbons (Fsp3) is 0.538. The maximum Gasteiger partial charge on any atom is 0.0516 e.